The van der Waals surface area contributed by atoms with Crippen molar-refractivity contribution in [3.05, 3.63) is 64.5 Å². The molecular weight excluding hydrogens is 368 g/mol. The number of aromatic nitrogens is 1. The lowest BCUT2D eigenvalue weighted by molar-refractivity contribution is 0.0225. The summed E-state index contributed by atoms with van der Waals surface area (Å²) in [6, 6.07) is 11.5. The van der Waals surface area contributed by atoms with E-state index in [0.29, 0.717) is 29.8 Å². The number of rotatable bonds is 8. The largest absolute Gasteiger partial charge is 0.376 e. The summed E-state index contributed by atoms with van der Waals surface area (Å²) in [5.41, 5.74) is 13.9. The van der Waals surface area contributed by atoms with Crippen LogP contribution in [-0.2, 0) is 11.2 Å². The van der Waals surface area contributed by atoms with E-state index in [2.05, 4.69) is 10.3 Å². The Labute approximate surface area is 170 Å². The fourth-order valence-electron chi connectivity index (χ4n) is 3.71. The van der Waals surface area contributed by atoms with Gasteiger partial charge in [0.05, 0.1) is 12.7 Å². The Kier molecular flexibility index (Phi) is 6.95. The first-order chi connectivity index (χ1) is 14.0. The van der Waals surface area contributed by atoms with Crippen molar-refractivity contribution in [3.63, 3.8) is 0 Å². The Morgan fingerprint density at radius 1 is 1.24 bits per heavy atom. The van der Waals surface area contributed by atoms with Gasteiger partial charge in [0, 0.05) is 30.3 Å². The molecule has 154 valence electrons. The molecule has 0 radical (unpaired) electrons. The molecule has 2 amide bonds. The van der Waals surface area contributed by atoms with Crippen LogP contribution in [0.3, 0.4) is 0 Å². The van der Waals surface area contributed by atoms with Gasteiger partial charge in [-0.1, -0.05) is 37.3 Å². The Morgan fingerprint density at radius 3 is 2.62 bits per heavy atom. The van der Waals surface area contributed by atoms with Crippen molar-refractivity contribution in [1.82, 2.24) is 10.3 Å². The maximum atomic E-state index is 12.2. The predicted molar refractivity (Wildman–Crippen MR) is 111 cm³/mol. The number of nitrogens with one attached hydrogen (secondary N) is 1. The molecule has 1 aromatic heterocycles. The molecule has 0 saturated carbocycles. The smallest absolute Gasteiger partial charge is 0.267 e. The summed E-state index contributed by atoms with van der Waals surface area (Å²) in [5, 5.41) is 3.29. The van der Waals surface area contributed by atoms with E-state index in [1.54, 1.807) is 6.07 Å². The van der Waals surface area contributed by atoms with Crippen LogP contribution in [0.4, 0.5) is 0 Å². The van der Waals surface area contributed by atoms with Crippen molar-refractivity contribution < 1.29 is 14.3 Å². The topological polar surface area (TPSA) is 120 Å². The van der Waals surface area contributed by atoms with Crippen LogP contribution in [0.15, 0.2) is 36.4 Å². The molecule has 2 aromatic rings. The van der Waals surface area contributed by atoms with Gasteiger partial charge in [0.25, 0.3) is 5.91 Å². The Balaban J connectivity index is 1.88. The van der Waals surface area contributed by atoms with Crippen LogP contribution in [-0.4, -0.2) is 42.6 Å². The maximum Gasteiger partial charge on any atom is 0.267 e. The Hall–Kier alpha value is -2.77. The summed E-state index contributed by atoms with van der Waals surface area (Å²) in [5.74, 6) is -1.34. The van der Waals surface area contributed by atoms with Crippen LogP contribution in [0.1, 0.15) is 63.4 Å². The number of pyridine rings is 1. The minimum atomic E-state index is -0.653. The summed E-state index contributed by atoms with van der Waals surface area (Å²) in [6.45, 7) is 4.33. The first-order valence-electron chi connectivity index (χ1n) is 9.98. The summed E-state index contributed by atoms with van der Waals surface area (Å²) < 4.78 is 5.71. The molecule has 2 atom stereocenters. The van der Waals surface area contributed by atoms with Gasteiger partial charge in [-0.3, -0.25) is 9.59 Å². The fourth-order valence-corrected chi connectivity index (χ4v) is 3.71. The SMILES string of the molecule is CC(c1ccccc1)c1cc(C(N)=O)c(CCC[C@H]2CNCCO2)c(C(N)=O)n1. The molecule has 1 aromatic carbocycles. The molecule has 1 unspecified atom stereocenters. The van der Waals surface area contributed by atoms with E-state index in [4.69, 9.17) is 16.2 Å². The number of benzene rings is 1. The van der Waals surface area contributed by atoms with Gasteiger partial charge in [0.2, 0.25) is 5.91 Å². The number of ether oxygens (including phenoxy) is 1. The second-order valence-electron chi connectivity index (χ2n) is 7.37. The number of hydrogen-bond acceptors (Lipinski definition) is 5. The van der Waals surface area contributed by atoms with E-state index in [1.165, 1.54) is 0 Å². The Morgan fingerprint density at radius 2 is 2.00 bits per heavy atom. The lowest BCUT2D eigenvalue weighted by Gasteiger charge is -2.23. The highest BCUT2D eigenvalue weighted by atomic mass is 16.5. The minimum absolute atomic E-state index is 0.108. The molecule has 5 N–H and O–H groups in total. The second kappa shape index (κ2) is 9.62. The fraction of sp³-hybridized carbons (Fsp3) is 0.409. The molecule has 3 rings (SSSR count). The van der Waals surface area contributed by atoms with Crippen LogP contribution in [0.2, 0.25) is 0 Å². The van der Waals surface area contributed by atoms with E-state index in [1.807, 2.05) is 37.3 Å². The van der Waals surface area contributed by atoms with Crippen LogP contribution < -0.4 is 16.8 Å². The van der Waals surface area contributed by atoms with E-state index in [-0.39, 0.29) is 17.7 Å². The molecule has 2 heterocycles. The molecule has 1 aliphatic rings. The molecule has 0 spiro atoms. The van der Waals surface area contributed by atoms with Crippen LogP contribution in [0.5, 0.6) is 0 Å². The molecule has 0 aliphatic carbocycles. The molecule has 1 aliphatic heterocycles. The summed E-state index contributed by atoms with van der Waals surface area (Å²) in [7, 11) is 0. The van der Waals surface area contributed by atoms with E-state index in [0.717, 1.165) is 31.5 Å². The number of nitrogens with zero attached hydrogens (tertiary/aromatic N) is 1. The van der Waals surface area contributed by atoms with Gasteiger partial charge in [-0.05, 0) is 36.5 Å². The van der Waals surface area contributed by atoms with Gasteiger partial charge >= 0.3 is 0 Å². The number of primary amides is 2. The van der Waals surface area contributed by atoms with E-state index < -0.39 is 11.8 Å². The van der Waals surface area contributed by atoms with Crippen molar-refractivity contribution in [2.75, 3.05) is 19.7 Å². The Bertz CT molecular complexity index is 829. The van der Waals surface area contributed by atoms with Crippen molar-refractivity contribution in [2.24, 2.45) is 11.5 Å². The van der Waals surface area contributed by atoms with Crippen molar-refractivity contribution in [3.8, 4) is 0 Å². The van der Waals surface area contributed by atoms with E-state index in [9.17, 15) is 9.59 Å². The number of morpholine rings is 1. The number of carbonyl (C=O) groups excluding carboxylic acids is 2. The third-order valence-corrected chi connectivity index (χ3v) is 5.34. The standard InChI is InChI=1S/C22H28N4O3/c1-14(15-6-3-2-4-7-15)19-12-18(21(23)27)17(20(26-19)22(24)28)9-5-8-16-13-25-10-11-29-16/h2-4,6-7,12,14,16,25H,5,8-11,13H2,1H3,(H2,23,27)(H2,24,28)/t14?,16-/m0/s1. The lowest BCUT2D eigenvalue weighted by atomic mass is 9.92. The van der Waals surface area contributed by atoms with Gasteiger partial charge in [-0.15, -0.1) is 0 Å². The third kappa shape index (κ3) is 5.19. The maximum absolute atomic E-state index is 12.2. The zero-order valence-corrected chi connectivity index (χ0v) is 16.7. The third-order valence-electron chi connectivity index (χ3n) is 5.34. The average Bonchev–Trinajstić information content (AvgIpc) is 2.74. The van der Waals surface area contributed by atoms with Crippen LogP contribution >= 0.6 is 0 Å². The summed E-state index contributed by atoms with van der Waals surface area (Å²) >= 11 is 0. The van der Waals surface area contributed by atoms with Crippen LogP contribution in [0.25, 0.3) is 0 Å². The van der Waals surface area contributed by atoms with Crippen molar-refractivity contribution in [2.45, 2.75) is 38.2 Å². The number of nitrogens with two attached hydrogens (primary N) is 2. The molecule has 7 heteroatoms. The molecule has 1 saturated heterocycles. The molecule has 29 heavy (non-hydrogen) atoms. The number of amides is 2. The zero-order chi connectivity index (χ0) is 20.8. The molecule has 1 fully saturated rings. The van der Waals surface area contributed by atoms with Crippen LogP contribution in [0, 0.1) is 0 Å². The van der Waals surface area contributed by atoms with Gasteiger partial charge in [0.15, 0.2) is 0 Å². The molecular formula is C22H28N4O3. The number of hydrogen-bond donors (Lipinski definition) is 3. The van der Waals surface area contributed by atoms with Gasteiger partial charge in [-0.25, -0.2) is 4.98 Å². The minimum Gasteiger partial charge on any atom is -0.376 e. The summed E-state index contributed by atoms with van der Waals surface area (Å²) in [6.07, 6.45) is 2.17. The summed E-state index contributed by atoms with van der Waals surface area (Å²) in [4.78, 5) is 28.9. The monoisotopic (exact) mass is 396 g/mol. The lowest BCUT2D eigenvalue weighted by Crippen LogP contribution is -2.38. The first kappa shape index (κ1) is 21.0. The molecule has 7 nitrogen and oxygen atoms in total. The highest BCUT2D eigenvalue weighted by molar-refractivity contribution is 6.00. The highest BCUT2D eigenvalue weighted by Gasteiger charge is 2.23. The van der Waals surface area contributed by atoms with E-state index >= 15 is 0 Å². The molecule has 0 bridgehead atoms. The average molecular weight is 396 g/mol. The predicted octanol–water partition coefficient (Wildman–Crippen LogP) is 1.74. The zero-order valence-electron chi connectivity index (χ0n) is 16.7. The van der Waals surface area contributed by atoms with Gasteiger partial charge < -0.3 is 21.5 Å². The second-order valence-corrected chi connectivity index (χ2v) is 7.37. The van der Waals surface area contributed by atoms with Gasteiger partial charge in [0.1, 0.15) is 5.69 Å². The first-order valence-corrected chi connectivity index (χ1v) is 9.98. The number of carbonyl (C=O) groups is 2. The normalized spacial score (nSPS) is 17.6. The van der Waals surface area contributed by atoms with Crippen molar-refractivity contribution in [1.29, 1.82) is 0 Å². The highest BCUT2D eigenvalue weighted by Crippen LogP contribution is 2.26. The quantitative estimate of drug-likeness (QED) is 0.628. The van der Waals surface area contributed by atoms with Gasteiger partial charge in [-0.2, -0.15) is 0 Å². The van der Waals surface area contributed by atoms with Crippen molar-refractivity contribution >= 4 is 11.8 Å².